The van der Waals surface area contributed by atoms with E-state index in [1.54, 1.807) is 24.6 Å². The predicted molar refractivity (Wildman–Crippen MR) is 133 cm³/mol. The molecule has 1 atom stereocenters. The summed E-state index contributed by atoms with van der Waals surface area (Å²) in [5.74, 6) is -2.69. The Morgan fingerprint density at radius 1 is 0.895 bits per heavy atom. The second-order valence-corrected chi connectivity index (χ2v) is 10.5. The number of benzene rings is 2. The van der Waals surface area contributed by atoms with Crippen LogP contribution in [0, 0.1) is 11.6 Å². The fraction of sp³-hybridized carbons (Fsp3) is 0.370. The van der Waals surface area contributed by atoms with Gasteiger partial charge in [0, 0.05) is 23.1 Å². The maximum absolute atomic E-state index is 13.9. The van der Waals surface area contributed by atoms with E-state index in [0.717, 1.165) is 18.2 Å². The smallest absolute Gasteiger partial charge is 0.341 e. The highest BCUT2D eigenvalue weighted by molar-refractivity contribution is 6.00. The molecular weight excluding hydrogens is 507 g/mol. The van der Waals surface area contributed by atoms with Gasteiger partial charge in [0.25, 0.3) is 5.91 Å². The third-order valence-corrected chi connectivity index (χ3v) is 6.01. The Balaban J connectivity index is 1.85. The molecule has 0 spiro atoms. The number of hydrogen-bond donors (Lipinski definition) is 2. The Morgan fingerprint density at radius 3 is 2.05 bits per heavy atom. The number of hydrogen-bond acceptors (Lipinski definition) is 3. The zero-order valence-electron chi connectivity index (χ0n) is 21.8. The fourth-order valence-electron chi connectivity index (χ4n) is 3.77. The minimum absolute atomic E-state index is 0.245. The van der Waals surface area contributed by atoms with Crippen LogP contribution in [0.5, 0.6) is 0 Å². The number of aromatic nitrogens is 2. The standard InChI is InChI=1S/C27H29F5N4O2/c1-15(33-24(38)16-8-7-9-17(10-16)27(30,31)32)23(37)34-22-14-21(35-36(22)25(2,3)4)26(5,6)18-11-19(28)13-20(29)12-18/h7-15H,1-6H3,(H,33,38)(H,34,37)/t15-/m0/s1. The number of nitrogens with one attached hydrogen (secondary N) is 2. The van der Waals surface area contributed by atoms with Crippen molar-refractivity contribution >= 4 is 17.6 Å². The molecule has 2 aromatic carbocycles. The van der Waals surface area contributed by atoms with Gasteiger partial charge in [0.2, 0.25) is 5.91 Å². The van der Waals surface area contributed by atoms with Crippen LogP contribution in [0.1, 0.15) is 68.7 Å². The molecule has 0 aliphatic carbocycles. The van der Waals surface area contributed by atoms with Crippen LogP contribution >= 0.6 is 0 Å². The minimum Gasteiger partial charge on any atom is -0.341 e. The SMILES string of the molecule is C[C@H](NC(=O)c1cccc(C(F)(F)F)c1)C(=O)Nc1cc(C(C)(C)c2cc(F)cc(F)c2)nn1C(C)(C)C. The second-order valence-electron chi connectivity index (χ2n) is 10.5. The van der Waals surface area contributed by atoms with Crippen LogP contribution in [0.3, 0.4) is 0 Å². The summed E-state index contributed by atoms with van der Waals surface area (Å²) in [5.41, 5.74) is -2.02. The van der Waals surface area contributed by atoms with Gasteiger partial charge in [-0.1, -0.05) is 19.9 Å². The Kier molecular flexibility index (Phi) is 7.72. The van der Waals surface area contributed by atoms with E-state index >= 15 is 0 Å². The molecule has 11 heteroatoms. The highest BCUT2D eigenvalue weighted by Gasteiger charge is 2.33. The van der Waals surface area contributed by atoms with Crippen molar-refractivity contribution in [1.29, 1.82) is 0 Å². The molecule has 0 aliphatic heterocycles. The van der Waals surface area contributed by atoms with Crippen LogP contribution in [-0.4, -0.2) is 27.6 Å². The van der Waals surface area contributed by atoms with Crippen LogP contribution in [0.2, 0.25) is 0 Å². The van der Waals surface area contributed by atoms with E-state index in [1.807, 2.05) is 20.8 Å². The average Bonchev–Trinajstić information content (AvgIpc) is 3.23. The molecule has 0 fully saturated rings. The first kappa shape index (κ1) is 28.8. The van der Waals surface area contributed by atoms with Crippen molar-refractivity contribution < 1.29 is 31.5 Å². The Bertz CT molecular complexity index is 1340. The molecule has 0 aliphatic rings. The number of carbonyl (C=O) groups excluding carboxylic acids is 2. The molecule has 204 valence electrons. The lowest BCUT2D eigenvalue weighted by molar-refractivity contribution is -0.137. The van der Waals surface area contributed by atoms with E-state index in [-0.39, 0.29) is 11.4 Å². The Morgan fingerprint density at radius 2 is 1.50 bits per heavy atom. The number of amides is 2. The summed E-state index contributed by atoms with van der Waals surface area (Å²) in [4.78, 5) is 25.5. The molecule has 3 rings (SSSR count). The van der Waals surface area contributed by atoms with Crippen molar-refractivity contribution in [3.63, 3.8) is 0 Å². The molecule has 3 aromatic rings. The largest absolute Gasteiger partial charge is 0.416 e. The summed E-state index contributed by atoms with van der Waals surface area (Å²) in [7, 11) is 0. The summed E-state index contributed by atoms with van der Waals surface area (Å²) < 4.78 is 68.3. The molecule has 1 heterocycles. The van der Waals surface area contributed by atoms with Crippen molar-refractivity contribution in [2.75, 3.05) is 5.32 Å². The van der Waals surface area contributed by atoms with E-state index < -0.39 is 52.2 Å². The second kappa shape index (κ2) is 10.2. The van der Waals surface area contributed by atoms with Gasteiger partial charge in [0.15, 0.2) is 0 Å². The quantitative estimate of drug-likeness (QED) is 0.379. The monoisotopic (exact) mass is 536 g/mol. The molecule has 1 aromatic heterocycles. The zero-order chi connectivity index (χ0) is 28.6. The molecule has 0 saturated heterocycles. The van der Waals surface area contributed by atoms with E-state index in [4.69, 9.17) is 0 Å². The number of halogens is 5. The Hall–Kier alpha value is -3.76. The first-order valence-electron chi connectivity index (χ1n) is 11.8. The van der Waals surface area contributed by atoms with E-state index in [0.29, 0.717) is 17.3 Å². The number of nitrogens with zero attached hydrogens (tertiary/aromatic N) is 2. The van der Waals surface area contributed by atoms with Gasteiger partial charge in [-0.3, -0.25) is 9.59 Å². The van der Waals surface area contributed by atoms with Crippen LogP contribution in [0.25, 0.3) is 0 Å². The normalized spacial score (nSPS) is 13.2. The van der Waals surface area contributed by atoms with Gasteiger partial charge in [0.1, 0.15) is 23.5 Å². The molecular formula is C27H29F5N4O2. The predicted octanol–water partition coefficient (Wildman–Crippen LogP) is 6.02. The van der Waals surface area contributed by atoms with Gasteiger partial charge in [-0.15, -0.1) is 0 Å². The van der Waals surface area contributed by atoms with Crippen LogP contribution < -0.4 is 10.6 Å². The summed E-state index contributed by atoms with van der Waals surface area (Å²) in [6.07, 6.45) is -4.62. The van der Waals surface area contributed by atoms with E-state index in [9.17, 15) is 31.5 Å². The van der Waals surface area contributed by atoms with Crippen molar-refractivity contribution in [1.82, 2.24) is 15.1 Å². The number of carbonyl (C=O) groups is 2. The third-order valence-electron chi connectivity index (χ3n) is 6.01. The van der Waals surface area contributed by atoms with Gasteiger partial charge >= 0.3 is 6.18 Å². The molecule has 38 heavy (non-hydrogen) atoms. The first-order valence-corrected chi connectivity index (χ1v) is 11.8. The molecule has 0 radical (unpaired) electrons. The van der Waals surface area contributed by atoms with Crippen LogP contribution in [0.15, 0.2) is 48.5 Å². The van der Waals surface area contributed by atoms with Gasteiger partial charge < -0.3 is 10.6 Å². The molecule has 6 nitrogen and oxygen atoms in total. The number of rotatable bonds is 6. The Labute approximate surface area is 217 Å². The third kappa shape index (κ3) is 6.38. The minimum atomic E-state index is -4.62. The van der Waals surface area contributed by atoms with Gasteiger partial charge in [-0.05, 0) is 63.6 Å². The summed E-state index contributed by atoms with van der Waals surface area (Å²) in [6, 6.07) is 7.53. The highest BCUT2D eigenvalue weighted by atomic mass is 19.4. The molecule has 0 saturated carbocycles. The topological polar surface area (TPSA) is 76.0 Å². The summed E-state index contributed by atoms with van der Waals surface area (Å²) >= 11 is 0. The lowest BCUT2D eigenvalue weighted by atomic mass is 9.81. The van der Waals surface area contributed by atoms with Gasteiger partial charge in [0.05, 0.1) is 16.8 Å². The number of anilines is 1. The lowest BCUT2D eigenvalue weighted by Gasteiger charge is -2.25. The van der Waals surface area contributed by atoms with Gasteiger partial charge in [-0.2, -0.15) is 18.3 Å². The van der Waals surface area contributed by atoms with Gasteiger partial charge in [-0.25, -0.2) is 13.5 Å². The van der Waals surface area contributed by atoms with Crippen molar-refractivity contribution in [3.05, 3.63) is 82.5 Å². The molecule has 0 unspecified atom stereocenters. The van der Waals surface area contributed by atoms with Crippen LogP contribution in [-0.2, 0) is 21.9 Å². The number of alkyl halides is 3. The zero-order valence-corrected chi connectivity index (χ0v) is 21.8. The highest BCUT2D eigenvalue weighted by Crippen LogP contribution is 2.35. The lowest BCUT2D eigenvalue weighted by Crippen LogP contribution is -2.42. The first-order chi connectivity index (χ1) is 17.4. The summed E-state index contributed by atoms with van der Waals surface area (Å²) in [5, 5.41) is 9.70. The van der Waals surface area contributed by atoms with Crippen LogP contribution in [0.4, 0.5) is 27.8 Å². The molecule has 2 N–H and O–H groups in total. The van der Waals surface area contributed by atoms with E-state index in [2.05, 4.69) is 15.7 Å². The van der Waals surface area contributed by atoms with Crippen molar-refractivity contribution in [2.45, 2.75) is 64.7 Å². The fourth-order valence-corrected chi connectivity index (χ4v) is 3.77. The maximum Gasteiger partial charge on any atom is 0.416 e. The van der Waals surface area contributed by atoms with E-state index in [1.165, 1.54) is 25.1 Å². The maximum atomic E-state index is 13.9. The molecule has 0 bridgehead atoms. The van der Waals surface area contributed by atoms with Crippen molar-refractivity contribution in [3.8, 4) is 0 Å². The summed E-state index contributed by atoms with van der Waals surface area (Å²) in [6.45, 7) is 10.4. The molecule has 2 amide bonds. The van der Waals surface area contributed by atoms with Crippen molar-refractivity contribution in [2.24, 2.45) is 0 Å². The average molecular weight is 537 g/mol.